The Kier molecular flexibility index (Phi) is 6.45. The standard InChI is InChI=1S/C22H30N4O2S/c27-19-15-22(9-3-4-10-22)16-20(28)26(19)14-6-5-11-23-12-13-24-21-17-7-1-2-8-18(17)29-25-21/h1-2,7-8,23H,3-6,9-16H2,(H,24,25). The largest absolute Gasteiger partial charge is 0.367 e. The number of carbonyl (C=O) groups excluding carboxylic acids is 2. The third kappa shape index (κ3) is 4.78. The molecule has 1 aromatic heterocycles. The van der Waals surface area contributed by atoms with Gasteiger partial charge in [0.15, 0.2) is 0 Å². The number of nitrogens with one attached hydrogen (secondary N) is 2. The fourth-order valence-electron chi connectivity index (χ4n) is 4.69. The quantitative estimate of drug-likeness (QED) is 0.482. The fraction of sp³-hybridized carbons (Fsp3) is 0.591. The third-order valence-electron chi connectivity index (χ3n) is 6.28. The molecule has 2 heterocycles. The van der Waals surface area contributed by atoms with E-state index in [9.17, 15) is 9.59 Å². The number of likely N-dealkylation sites (tertiary alicyclic amines) is 1. The smallest absolute Gasteiger partial charge is 0.229 e. The molecule has 6 nitrogen and oxygen atoms in total. The van der Waals surface area contributed by atoms with Crippen molar-refractivity contribution in [2.75, 3.05) is 31.5 Å². The predicted octanol–water partition coefficient (Wildman–Crippen LogP) is 3.79. The number of nitrogens with zero attached hydrogens (tertiary/aromatic N) is 2. The second kappa shape index (κ2) is 9.22. The Morgan fingerprint density at radius 1 is 1.00 bits per heavy atom. The molecular formula is C22H30N4O2S. The van der Waals surface area contributed by atoms with Crippen LogP contribution in [0.2, 0.25) is 0 Å². The number of unbranched alkanes of at least 4 members (excludes halogenated alkanes) is 1. The van der Waals surface area contributed by atoms with Crippen LogP contribution in [-0.4, -0.2) is 47.3 Å². The normalized spacial score (nSPS) is 18.8. The van der Waals surface area contributed by atoms with Crippen molar-refractivity contribution in [2.24, 2.45) is 5.41 Å². The van der Waals surface area contributed by atoms with Gasteiger partial charge in [-0.15, -0.1) is 0 Å². The van der Waals surface area contributed by atoms with Crippen molar-refractivity contribution in [1.82, 2.24) is 14.6 Å². The molecule has 29 heavy (non-hydrogen) atoms. The Bertz CT molecular complexity index is 839. The van der Waals surface area contributed by atoms with Gasteiger partial charge >= 0.3 is 0 Å². The lowest BCUT2D eigenvalue weighted by Gasteiger charge is -2.37. The molecular weight excluding hydrogens is 384 g/mol. The maximum atomic E-state index is 12.5. The molecule has 1 aliphatic heterocycles. The van der Waals surface area contributed by atoms with E-state index in [0.717, 1.165) is 51.1 Å². The average Bonchev–Trinajstić information content (AvgIpc) is 3.33. The van der Waals surface area contributed by atoms with Gasteiger partial charge in [0.05, 0.1) is 4.70 Å². The van der Waals surface area contributed by atoms with E-state index in [2.05, 4.69) is 27.1 Å². The van der Waals surface area contributed by atoms with E-state index in [1.54, 1.807) is 0 Å². The van der Waals surface area contributed by atoms with E-state index in [4.69, 9.17) is 0 Å². The summed E-state index contributed by atoms with van der Waals surface area (Å²) < 4.78 is 5.67. The fourth-order valence-corrected chi connectivity index (χ4v) is 5.44. The Morgan fingerprint density at radius 2 is 1.76 bits per heavy atom. The maximum Gasteiger partial charge on any atom is 0.229 e. The number of imide groups is 1. The zero-order chi connectivity index (χ0) is 20.1. The summed E-state index contributed by atoms with van der Waals surface area (Å²) in [5.74, 6) is 1.06. The SMILES string of the molecule is O=C1CC2(CCCC2)CC(=O)N1CCCCNCCNc1nsc2ccccc12. The zero-order valence-corrected chi connectivity index (χ0v) is 17.7. The molecule has 0 bridgehead atoms. The number of carbonyl (C=O) groups is 2. The molecule has 1 saturated heterocycles. The molecule has 0 atom stereocenters. The number of fused-ring (bicyclic) bond motifs is 1. The van der Waals surface area contributed by atoms with Crippen molar-refractivity contribution in [1.29, 1.82) is 0 Å². The minimum atomic E-state index is 0.00184. The van der Waals surface area contributed by atoms with Crippen LogP contribution in [0.25, 0.3) is 10.1 Å². The zero-order valence-electron chi connectivity index (χ0n) is 16.9. The Hall–Kier alpha value is -1.99. The molecule has 2 aromatic rings. The first-order valence-corrected chi connectivity index (χ1v) is 11.6. The maximum absolute atomic E-state index is 12.5. The molecule has 156 valence electrons. The topological polar surface area (TPSA) is 74.3 Å². The van der Waals surface area contributed by atoms with E-state index in [-0.39, 0.29) is 17.2 Å². The summed E-state index contributed by atoms with van der Waals surface area (Å²) in [4.78, 5) is 26.4. The van der Waals surface area contributed by atoms with Crippen LogP contribution in [0.5, 0.6) is 0 Å². The molecule has 1 aliphatic carbocycles. The molecule has 2 N–H and O–H groups in total. The molecule has 7 heteroatoms. The number of rotatable bonds is 9. The monoisotopic (exact) mass is 414 g/mol. The van der Waals surface area contributed by atoms with Crippen molar-refractivity contribution in [2.45, 2.75) is 51.4 Å². The van der Waals surface area contributed by atoms with Crippen LogP contribution in [0.3, 0.4) is 0 Å². The minimum absolute atomic E-state index is 0.00184. The highest BCUT2D eigenvalue weighted by molar-refractivity contribution is 7.13. The summed E-state index contributed by atoms with van der Waals surface area (Å²) in [5.41, 5.74) is 0.00184. The molecule has 0 unspecified atom stereocenters. The molecule has 2 amide bonds. The number of piperidine rings is 1. The van der Waals surface area contributed by atoms with Gasteiger partial charge < -0.3 is 10.6 Å². The Balaban J connectivity index is 1.09. The Morgan fingerprint density at radius 3 is 2.55 bits per heavy atom. The van der Waals surface area contributed by atoms with Crippen molar-refractivity contribution >= 4 is 39.3 Å². The minimum Gasteiger partial charge on any atom is -0.367 e. The highest BCUT2D eigenvalue weighted by atomic mass is 32.1. The van der Waals surface area contributed by atoms with E-state index >= 15 is 0 Å². The van der Waals surface area contributed by atoms with Crippen molar-refractivity contribution in [3.8, 4) is 0 Å². The van der Waals surface area contributed by atoms with Gasteiger partial charge in [-0.2, -0.15) is 4.37 Å². The van der Waals surface area contributed by atoms with Gasteiger partial charge in [-0.1, -0.05) is 25.0 Å². The number of anilines is 1. The summed E-state index contributed by atoms with van der Waals surface area (Å²) in [7, 11) is 0. The molecule has 1 spiro atoms. The number of benzene rings is 1. The number of hydrogen-bond acceptors (Lipinski definition) is 6. The van der Waals surface area contributed by atoms with Gasteiger partial charge in [-0.05, 0) is 61.3 Å². The van der Waals surface area contributed by atoms with E-state index in [0.29, 0.717) is 19.4 Å². The first kappa shape index (κ1) is 20.3. The van der Waals surface area contributed by atoms with Crippen molar-refractivity contribution in [3.05, 3.63) is 24.3 Å². The van der Waals surface area contributed by atoms with Crippen LogP contribution in [0.1, 0.15) is 51.4 Å². The first-order chi connectivity index (χ1) is 14.2. The molecule has 1 saturated carbocycles. The lowest BCUT2D eigenvalue weighted by atomic mass is 9.76. The summed E-state index contributed by atoms with van der Waals surface area (Å²) in [6.07, 6.45) is 7.41. The Labute approximate surface area is 176 Å². The van der Waals surface area contributed by atoms with Crippen molar-refractivity contribution < 1.29 is 9.59 Å². The third-order valence-corrected chi connectivity index (χ3v) is 7.10. The van der Waals surface area contributed by atoms with Gasteiger partial charge in [0.1, 0.15) is 5.82 Å². The van der Waals surface area contributed by atoms with Crippen LogP contribution in [0.15, 0.2) is 24.3 Å². The molecule has 2 aliphatic rings. The summed E-state index contributed by atoms with van der Waals surface area (Å²) in [6, 6.07) is 8.24. The number of hydrogen-bond donors (Lipinski definition) is 2. The molecule has 2 fully saturated rings. The summed E-state index contributed by atoms with van der Waals surface area (Å²) >= 11 is 1.52. The summed E-state index contributed by atoms with van der Waals surface area (Å²) in [5, 5.41) is 7.98. The van der Waals surface area contributed by atoms with Gasteiger partial charge in [0.2, 0.25) is 11.8 Å². The van der Waals surface area contributed by atoms with Gasteiger partial charge in [0, 0.05) is 37.9 Å². The van der Waals surface area contributed by atoms with E-state index in [1.807, 2.05) is 12.1 Å². The van der Waals surface area contributed by atoms with Crippen LogP contribution in [0.4, 0.5) is 5.82 Å². The van der Waals surface area contributed by atoms with Crippen LogP contribution in [-0.2, 0) is 9.59 Å². The van der Waals surface area contributed by atoms with Crippen LogP contribution < -0.4 is 10.6 Å². The second-order valence-corrected chi connectivity index (χ2v) is 9.22. The van der Waals surface area contributed by atoms with Gasteiger partial charge in [-0.3, -0.25) is 14.5 Å². The van der Waals surface area contributed by atoms with E-state index in [1.165, 1.54) is 39.4 Å². The molecule has 1 aromatic carbocycles. The van der Waals surface area contributed by atoms with Crippen LogP contribution >= 0.6 is 11.5 Å². The number of amides is 2. The number of aromatic nitrogens is 1. The van der Waals surface area contributed by atoms with Gasteiger partial charge in [0.25, 0.3) is 0 Å². The molecule has 4 rings (SSSR count). The van der Waals surface area contributed by atoms with E-state index < -0.39 is 0 Å². The predicted molar refractivity (Wildman–Crippen MR) is 117 cm³/mol. The average molecular weight is 415 g/mol. The lowest BCUT2D eigenvalue weighted by Crippen LogP contribution is -2.47. The lowest BCUT2D eigenvalue weighted by molar-refractivity contribution is -0.153. The van der Waals surface area contributed by atoms with Gasteiger partial charge in [-0.25, -0.2) is 0 Å². The first-order valence-electron chi connectivity index (χ1n) is 10.8. The summed E-state index contributed by atoms with van der Waals surface area (Å²) in [6.45, 7) is 3.13. The highest BCUT2D eigenvalue weighted by Crippen LogP contribution is 2.46. The highest BCUT2D eigenvalue weighted by Gasteiger charge is 2.44. The molecule has 0 radical (unpaired) electrons. The van der Waals surface area contributed by atoms with Crippen LogP contribution in [0, 0.1) is 5.41 Å². The second-order valence-electron chi connectivity index (χ2n) is 8.41. The van der Waals surface area contributed by atoms with Crippen molar-refractivity contribution in [3.63, 3.8) is 0 Å².